The van der Waals surface area contributed by atoms with Gasteiger partial charge in [-0.25, -0.2) is 12.8 Å². The molecule has 1 aromatic rings. The third-order valence-corrected chi connectivity index (χ3v) is 6.24. The van der Waals surface area contributed by atoms with Crippen LogP contribution in [0.3, 0.4) is 0 Å². The highest BCUT2D eigenvalue weighted by atomic mass is 32.2. The smallest absolute Gasteiger partial charge is 0.188 e. The van der Waals surface area contributed by atoms with Crippen molar-refractivity contribution in [3.05, 3.63) is 29.6 Å². The minimum atomic E-state index is -3.61. The number of hydrogen-bond acceptors (Lipinski definition) is 4. The third kappa shape index (κ3) is 1.98. The average molecular weight is 285 g/mol. The van der Waals surface area contributed by atoms with Gasteiger partial charge in [-0.1, -0.05) is 6.07 Å². The number of rotatable bonds is 4. The molecule has 0 radical (unpaired) electrons. The highest BCUT2D eigenvalue weighted by molar-refractivity contribution is 7.92. The van der Waals surface area contributed by atoms with Crippen LogP contribution in [0.2, 0.25) is 0 Å². The van der Waals surface area contributed by atoms with E-state index in [1.165, 1.54) is 12.1 Å². The molecule has 2 N–H and O–H groups in total. The molecule has 0 unspecified atom stereocenters. The minimum absolute atomic E-state index is 0.136. The molecule has 2 fully saturated rings. The van der Waals surface area contributed by atoms with Crippen molar-refractivity contribution in [1.29, 1.82) is 0 Å². The molecule has 0 atom stereocenters. The Morgan fingerprint density at radius 2 is 2.05 bits per heavy atom. The summed E-state index contributed by atoms with van der Waals surface area (Å²) in [7, 11) is -3.61. The Morgan fingerprint density at radius 3 is 2.47 bits per heavy atom. The second kappa shape index (κ2) is 4.26. The summed E-state index contributed by atoms with van der Waals surface area (Å²) in [5.74, 6) is -0.677. The molecular formula is C13H16FNO3S. The maximum absolute atomic E-state index is 14.1. The molecule has 1 aliphatic heterocycles. The maximum Gasteiger partial charge on any atom is 0.188 e. The number of ether oxygens (including phenoxy) is 1. The fourth-order valence-electron chi connectivity index (χ4n) is 2.40. The summed E-state index contributed by atoms with van der Waals surface area (Å²) in [4.78, 5) is -0.225. The first-order valence-electron chi connectivity index (χ1n) is 6.31. The molecule has 1 saturated carbocycles. The van der Waals surface area contributed by atoms with E-state index in [0.29, 0.717) is 6.54 Å². The molecule has 1 aliphatic carbocycles. The van der Waals surface area contributed by atoms with Crippen LogP contribution in [0.5, 0.6) is 0 Å². The molecule has 0 aromatic heterocycles. The van der Waals surface area contributed by atoms with Crippen molar-refractivity contribution < 1.29 is 17.5 Å². The van der Waals surface area contributed by atoms with Crippen LogP contribution in [-0.2, 0) is 20.0 Å². The Hall–Kier alpha value is -0.980. The van der Waals surface area contributed by atoms with E-state index >= 15 is 0 Å². The summed E-state index contributed by atoms with van der Waals surface area (Å²) < 4.78 is 43.2. The number of sulfone groups is 1. The lowest BCUT2D eigenvalue weighted by Gasteiger charge is -2.26. The van der Waals surface area contributed by atoms with E-state index in [1.807, 2.05) is 0 Å². The molecule has 104 valence electrons. The quantitative estimate of drug-likeness (QED) is 0.895. The second-order valence-corrected chi connectivity index (χ2v) is 7.53. The van der Waals surface area contributed by atoms with Gasteiger partial charge in [-0.2, -0.15) is 0 Å². The van der Waals surface area contributed by atoms with Crippen molar-refractivity contribution in [2.45, 2.75) is 28.4 Å². The first-order valence-corrected chi connectivity index (χ1v) is 7.86. The molecule has 1 aromatic carbocycles. The van der Waals surface area contributed by atoms with Gasteiger partial charge < -0.3 is 10.5 Å². The number of nitrogens with two attached hydrogens (primary N) is 1. The highest BCUT2D eigenvalue weighted by Gasteiger charge is 2.44. The fraction of sp³-hybridized carbons (Fsp3) is 0.538. The molecule has 1 saturated heterocycles. The zero-order valence-corrected chi connectivity index (χ0v) is 11.2. The van der Waals surface area contributed by atoms with Crippen molar-refractivity contribution >= 4 is 9.84 Å². The van der Waals surface area contributed by atoms with E-state index < -0.39 is 20.9 Å². The van der Waals surface area contributed by atoms with Crippen LogP contribution in [0, 0.1) is 5.82 Å². The van der Waals surface area contributed by atoms with E-state index in [-0.39, 0.29) is 23.5 Å². The Labute approximate surface area is 111 Å². The van der Waals surface area contributed by atoms with Gasteiger partial charge >= 0.3 is 0 Å². The van der Waals surface area contributed by atoms with Gasteiger partial charge in [0, 0.05) is 12.0 Å². The molecule has 19 heavy (non-hydrogen) atoms. The van der Waals surface area contributed by atoms with Gasteiger partial charge in [-0.05, 0) is 30.5 Å². The zero-order valence-electron chi connectivity index (χ0n) is 10.4. The predicted octanol–water partition coefficient (Wildman–Crippen LogP) is 0.989. The van der Waals surface area contributed by atoms with E-state index in [9.17, 15) is 12.8 Å². The Kier molecular flexibility index (Phi) is 2.92. The Balaban J connectivity index is 1.96. The normalized spacial score (nSPS) is 22.0. The highest BCUT2D eigenvalue weighted by Crippen LogP contribution is 2.47. The largest absolute Gasteiger partial charge is 0.379 e. The third-order valence-electron chi connectivity index (χ3n) is 4.14. The second-order valence-electron chi connectivity index (χ2n) is 5.33. The number of benzene rings is 1. The van der Waals surface area contributed by atoms with Crippen LogP contribution in [0.1, 0.15) is 18.4 Å². The molecule has 6 heteroatoms. The average Bonchev–Trinajstić information content (AvgIpc) is 3.06. The van der Waals surface area contributed by atoms with Crippen LogP contribution in [-0.4, -0.2) is 33.4 Å². The number of hydrogen-bond donors (Lipinski definition) is 1. The van der Waals surface area contributed by atoms with Crippen LogP contribution in [0.4, 0.5) is 4.39 Å². The molecule has 2 aliphatic rings. The zero-order chi connectivity index (χ0) is 13.7. The van der Waals surface area contributed by atoms with Gasteiger partial charge in [0.2, 0.25) is 0 Å². The predicted molar refractivity (Wildman–Crippen MR) is 68.2 cm³/mol. The van der Waals surface area contributed by atoms with Crippen LogP contribution >= 0.6 is 0 Å². The molecule has 0 bridgehead atoms. The van der Waals surface area contributed by atoms with Gasteiger partial charge in [0.05, 0.1) is 13.2 Å². The van der Waals surface area contributed by atoms with E-state index in [4.69, 9.17) is 10.5 Å². The van der Waals surface area contributed by atoms with Crippen molar-refractivity contribution in [1.82, 2.24) is 0 Å². The van der Waals surface area contributed by atoms with Crippen LogP contribution < -0.4 is 5.73 Å². The monoisotopic (exact) mass is 285 g/mol. The Bertz CT molecular complexity index is 606. The SMILES string of the molecule is NCC1(c2ccc(S(=O)(=O)C3COC3)c(F)c2)CC1. The summed E-state index contributed by atoms with van der Waals surface area (Å²) in [6, 6.07) is 4.38. The summed E-state index contributed by atoms with van der Waals surface area (Å²) >= 11 is 0. The molecule has 0 amide bonds. The van der Waals surface area contributed by atoms with Crippen LogP contribution in [0.25, 0.3) is 0 Å². The molecule has 4 nitrogen and oxygen atoms in total. The van der Waals surface area contributed by atoms with Gasteiger partial charge in [-0.15, -0.1) is 0 Å². The topological polar surface area (TPSA) is 69.4 Å². The fourth-order valence-corrected chi connectivity index (χ4v) is 3.89. The lowest BCUT2D eigenvalue weighted by atomic mass is 9.96. The lowest BCUT2D eigenvalue weighted by molar-refractivity contribution is 0.0415. The summed E-state index contributed by atoms with van der Waals surface area (Å²) in [5.41, 5.74) is 6.36. The van der Waals surface area contributed by atoms with E-state index in [0.717, 1.165) is 18.4 Å². The van der Waals surface area contributed by atoms with Crippen molar-refractivity contribution in [3.63, 3.8) is 0 Å². The van der Waals surface area contributed by atoms with E-state index in [1.54, 1.807) is 6.07 Å². The van der Waals surface area contributed by atoms with Crippen molar-refractivity contribution in [2.75, 3.05) is 19.8 Å². The van der Waals surface area contributed by atoms with Gasteiger partial charge in [0.1, 0.15) is 16.0 Å². The minimum Gasteiger partial charge on any atom is -0.379 e. The maximum atomic E-state index is 14.1. The lowest BCUT2D eigenvalue weighted by Crippen LogP contribution is -2.41. The number of halogens is 1. The molecular weight excluding hydrogens is 269 g/mol. The molecule has 3 rings (SSSR count). The summed E-state index contributed by atoms with van der Waals surface area (Å²) in [5, 5.41) is -0.614. The first-order chi connectivity index (χ1) is 8.99. The Morgan fingerprint density at radius 1 is 1.37 bits per heavy atom. The summed E-state index contributed by atoms with van der Waals surface area (Å²) in [6.07, 6.45) is 1.87. The van der Waals surface area contributed by atoms with Crippen molar-refractivity contribution in [3.8, 4) is 0 Å². The van der Waals surface area contributed by atoms with Gasteiger partial charge in [0.25, 0.3) is 0 Å². The molecule has 0 spiro atoms. The molecule has 1 heterocycles. The van der Waals surface area contributed by atoms with Crippen molar-refractivity contribution in [2.24, 2.45) is 5.73 Å². The van der Waals surface area contributed by atoms with E-state index in [2.05, 4.69) is 0 Å². The first kappa shape index (κ1) is 13.0. The summed E-state index contributed by atoms with van der Waals surface area (Å²) in [6.45, 7) is 0.765. The standard InChI is InChI=1S/C13H16FNO3S/c14-11-5-9(13(8-15)3-4-13)1-2-12(11)19(16,17)10-6-18-7-10/h1-2,5,10H,3-4,6-8,15H2. The van der Waals surface area contributed by atoms with Crippen LogP contribution in [0.15, 0.2) is 23.1 Å². The van der Waals surface area contributed by atoms with Gasteiger partial charge in [-0.3, -0.25) is 0 Å². The van der Waals surface area contributed by atoms with Gasteiger partial charge in [0.15, 0.2) is 9.84 Å².